The van der Waals surface area contributed by atoms with E-state index in [-0.39, 0.29) is 6.10 Å². The molecule has 11 heavy (non-hydrogen) atoms. The van der Waals surface area contributed by atoms with Gasteiger partial charge >= 0.3 is 0 Å². The molecule has 0 saturated carbocycles. The summed E-state index contributed by atoms with van der Waals surface area (Å²) in [5.74, 6) is 0. The summed E-state index contributed by atoms with van der Waals surface area (Å²) in [5, 5.41) is 9.16. The summed E-state index contributed by atoms with van der Waals surface area (Å²) in [6.45, 7) is 5.74. The van der Waals surface area contributed by atoms with Crippen LogP contribution in [-0.2, 0) is 4.74 Å². The second-order valence-corrected chi connectivity index (χ2v) is 2.82. The largest absolute Gasteiger partial charge is 0.393 e. The molecule has 0 aromatic rings. The fourth-order valence-electron chi connectivity index (χ4n) is 0.872. The standard InChI is InChI=1S/C9H20O2/c1-3-7-11-8-5-6-9(10)4-2/h9-10H,3-8H2,1-2H3. The highest BCUT2D eigenvalue weighted by Gasteiger charge is 1.98. The van der Waals surface area contributed by atoms with Crippen LogP contribution in [0.1, 0.15) is 39.5 Å². The van der Waals surface area contributed by atoms with Crippen molar-refractivity contribution in [2.75, 3.05) is 13.2 Å². The predicted molar refractivity (Wildman–Crippen MR) is 46.6 cm³/mol. The van der Waals surface area contributed by atoms with E-state index in [0.29, 0.717) is 0 Å². The molecule has 0 fully saturated rings. The molecular formula is C9H20O2. The zero-order chi connectivity index (χ0) is 8.53. The lowest BCUT2D eigenvalue weighted by atomic mass is 10.1. The van der Waals surface area contributed by atoms with Gasteiger partial charge in [-0.1, -0.05) is 13.8 Å². The van der Waals surface area contributed by atoms with E-state index >= 15 is 0 Å². The molecule has 0 aromatic carbocycles. The van der Waals surface area contributed by atoms with Crippen LogP contribution in [0.4, 0.5) is 0 Å². The van der Waals surface area contributed by atoms with Gasteiger partial charge < -0.3 is 9.84 Å². The van der Waals surface area contributed by atoms with Crippen molar-refractivity contribution in [1.82, 2.24) is 0 Å². The Morgan fingerprint density at radius 2 is 2.00 bits per heavy atom. The van der Waals surface area contributed by atoms with Gasteiger partial charge in [0.25, 0.3) is 0 Å². The van der Waals surface area contributed by atoms with Gasteiger partial charge in [-0.25, -0.2) is 0 Å². The topological polar surface area (TPSA) is 29.5 Å². The van der Waals surface area contributed by atoms with Gasteiger partial charge in [-0.2, -0.15) is 0 Å². The molecule has 0 aromatic heterocycles. The first-order valence-electron chi connectivity index (χ1n) is 4.57. The van der Waals surface area contributed by atoms with Crippen molar-refractivity contribution < 1.29 is 9.84 Å². The SMILES string of the molecule is CCCOCCCC(O)CC. The third-order valence-corrected chi connectivity index (χ3v) is 1.65. The van der Waals surface area contributed by atoms with E-state index in [1.54, 1.807) is 0 Å². The minimum atomic E-state index is -0.125. The maximum absolute atomic E-state index is 9.16. The van der Waals surface area contributed by atoms with Crippen molar-refractivity contribution in [2.45, 2.75) is 45.6 Å². The van der Waals surface area contributed by atoms with Gasteiger partial charge in [0.1, 0.15) is 0 Å². The number of hydrogen-bond donors (Lipinski definition) is 1. The van der Waals surface area contributed by atoms with Crippen molar-refractivity contribution >= 4 is 0 Å². The van der Waals surface area contributed by atoms with E-state index in [1.165, 1.54) is 0 Å². The van der Waals surface area contributed by atoms with Crippen molar-refractivity contribution in [3.05, 3.63) is 0 Å². The Morgan fingerprint density at radius 3 is 2.55 bits per heavy atom. The molecule has 0 radical (unpaired) electrons. The summed E-state index contributed by atoms with van der Waals surface area (Å²) in [7, 11) is 0. The molecule has 0 saturated heterocycles. The van der Waals surface area contributed by atoms with Crippen molar-refractivity contribution in [3.63, 3.8) is 0 Å². The summed E-state index contributed by atoms with van der Waals surface area (Å²) >= 11 is 0. The van der Waals surface area contributed by atoms with E-state index in [9.17, 15) is 0 Å². The maximum Gasteiger partial charge on any atom is 0.0538 e. The Kier molecular flexibility index (Phi) is 7.96. The first kappa shape index (κ1) is 10.9. The Hall–Kier alpha value is -0.0800. The maximum atomic E-state index is 9.16. The fourth-order valence-corrected chi connectivity index (χ4v) is 0.872. The molecule has 0 aliphatic carbocycles. The summed E-state index contributed by atoms with van der Waals surface area (Å²) < 4.78 is 5.27. The molecular weight excluding hydrogens is 140 g/mol. The molecule has 1 N–H and O–H groups in total. The second-order valence-electron chi connectivity index (χ2n) is 2.82. The van der Waals surface area contributed by atoms with E-state index < -0.39 is 0 Å². The van der Waals surface area contributed by atoms with Crippen molar-refractivity contribution in [2.24, 2.45) is 0 Å². The number of ether oxygens (including phenoxy) is 1. The molecule has 0 aliphatic rings. The third kappa shape index (κ3) is 7.82. The monoisotopic (exact) mass is 160 g/mol. The number of rotatable bonds is 7. The van der Waals surface area contributed by atoms with Crippen LogP contribution in [-0.4, -0.2) is 24.4 Å². The Labute approximate surface area is 69.6 Å². The van der Waals surface area contributed by atoms with Crippen molar-refractivity contribution in [1.29, 1.82) is 0 Å². The molecule has 2 nitrogen and oxygen atoms in total. The van der Waals surface area contributed by atoms with E-state index in [0.717, 1.165) is 38.9 Å². The van der Waals surface area contributed by atoms with Gasteiger partial charge in [0.15, 0.2) is 0 Å². The average Bonchev–Trinajstić information content (AvgIpc) is 2.04. The van der Waals surface area contributed by atoms with Crippen LogP contribution in [0.15, 0.2) is 0 Å². The lowest BCUT2D eigenvalue weighted by molar-refractivity contribution is 0.105. The second kappa shape index (κ2) is 8.02. The van der Waals surface area contributed by atoms with Crippen LogP contribution < -0.4 is 0 Å². The molecule has 0 amide bonds. The zero-order valence-electron chi connectivity index (χ0n) is 7.68. The first-order chi connectivity index (χ1) is 5.31. The molecule has 0 spiro atoms. The highest BCUT2D eigenvalue weighted by Crippen LogP contribution is 2.00. The van der Waals surface area contributed by atoms with Crippen LogP contribution in [0.5, 0.6) is 0 Å². The number of aliphatic hydroxyl groups is 1. The Balaban J connectivity index is 2.89. The summed E-state index contributed by atoms with van der Waals surface area (Å²) in [6.07, 6.45) is 3.67. The van der Waals surface area contributed by atoms with Crippen LogP contribution in [0.3, 0.4) is 0 Å². The van der Waals surface area contributed by atoms with Gasteiger partial charge in [-0.3, -0.25) is 0 Å². The van der Waals surface area contributed by atoms with Crippen molar-refractivity contribution in [3.8, 4) is 0 Å². The zero-order valence-corrected chi connectivity index (χ0v) is 7.68. The molecule has 2 heteroatoms. The lowest BCUT2D eigenvalue weighted by Crippen LogP contribution is -2.06. The fraction of sp³-hybridized carbons (Fsp3) is 1.00. The van der Waals surface area contributed by atoms with E-state index in [2.05, 4.69) is 6.92 Å². The first-order valence-corrected chi connectivity index (χ1v) is 4.57. The lowest BCUT2D eigenvalue weighted by Gasteiger charge is -2.06. The molecule has 0 aliphatic heterocycles. The molecule has 0 bridgehead atoms. The van der Waals surface area contributed by atoms with Crippen LogP contribution >= 0.6 is 0 Å². The van der Waals surface area contributed by atoms with Gasteiger partial charge in [0, 0.05) is 13.2 Å². The van der Waals surface area contributed by atoms with Gasteiger partial charge in [-0.15, -0.1) is 0 Å². The molecule has 1 atom stereocenters. The normalized spacial score (nSPS) is 13.4. The Morgan fingerprint density at radius 1 is 1.27 bits per heavy atom. The summed E-state index contributed by atoms with van der Waals surface area (Å²) in [4.78, 5) is 0. The molecule has 68 valence electrons. The number of hydrogen-bond acceptors (Lipinski definition) is 2. The highest BCUT2D eigenvalue weighted by atomic mass is 16.5. The third-order valence-electron chi connectivity index (χ3n) is 1.65. The smallest absolute Gasteiger partial charge is 0.0538 e. The van der Waals surface area contributed by atoms with Gasteiger partial charge in [0.05, 0.1) is 6.10 Å². The Bertz CT molecular complexity index is 74.0. The van der Waals surface area contributed by atoms with Crippen LogP contribution in [0, 0.1) is 0 Å². The molecule has 0 heterocycles. The quantitative estimate of drug-likeness (QED) is 0.577. The van der Waals surface area contributed by atoms with Gasteiger partial charge in [-0.05, 0) is 25.7 Å². The van der Waals surface area contributed by atoms with Crippen LogP contribution in [0.2, 0.25) is 0 Å². The number of aliphatic hydroxyl groups excluding tert-OH is 1. The molecule has 0 rings (SSSR count). The summed E-state index contributed by atoms with van der Waals surface area (Å²) in [5.41, 5.74) is 0. The van der Waals surface area contributed by atoms with E-state index in [4.69, 9.17) is 9.84 Å². The van der Waals surface area contributed by atoms with Crippen LogP contribution in [0.25, 0.3) is 0 Å². The minimum Gasteiger partial charge on any atom is -0.393 e. The molecule has 1 unspecified atom stereocenters. The highest BCUT2D eigenvalue weighted by molar-refractivity contribution is 4.51. The minimum absolute atomic E-state index is 0.125. The summed E-state index contributed by atoms with van der Waals surface area (Å²) in [6, 6.07) is 0. The van der Waals surface area contributed by atoms with E-state index in [1.807, 2.05) is 6.92 Å². The average molecular weight is 160 g/mol. The predicted octanol–water partition coefficient (Wildman–Crippen LogP) is 1.96. The van der Waals surface area contributed by atoms with Gasteiger partial charge in [0.2, 0.25) is 0 Å².